The molecule has 0 unspecified atom stereocenters. The average Bonchev–Trinajstić information content (AvgIpc) is 2.80. The van der Waals surface area contributed by atoms with Crippen LogP contribution in [0.2, 0.25) is 0 Å². The molecule has 0 saturated carbocycles. The number of nitrogens with zero attached hydrogens (tertiary/aromatic N) is 1. The highest BCUT2D eigenvalue weighted by molar-refractivity contribution is 5.97. The summed E-state index contributed by atoms with van der Waals surface area (Å²) < 4.78 is 5.09. The molecule has 1 saturated heterocycles. The van der Waals surface area contributed by atoms with E-state index < -0.39 is 0 Å². The van der Waals surface area contributed by atoms with Gasteiger partial charge in [-0.1, -0.05) is 6.07 Å². The van der Waals surface area contributed by atoms with Crippen LogP contribution >= 0.6 is 0 Å². The van der Waals surface area contributed by atoms with Gasteiger partial charge < -0.3 is 15.0 Å². The van der Waals surface area contributed by atoms with Crippen molar-refractivity contribution in [2.75, 3.05) is 25.6 Å². The van der Waals surface area contributed by atoms with E-state index in [-0.39, 0.29) is 30.2 Å². The van der Waals surface area contributed by atoms with Gasteiger partial charge in [0.05, 0.1) is 18.6 Å². The van der Waals surface area contributed by atoms with Crippen molar-refractivity contribution >= 4 is 17.5 Å². The van der Waals surface area contributed by atoms with Crippen molar-refractivity contribution in [1.82, 2.24) is 4.90 Å². The van der Waals surface area contributed by atoms with E-state index in [0.29, 0.717) is 13.2 Å². The summed E-state index contributed by atoms with van der Waals surface area (Å²) in [4.78, 5) is 26.2. The van der Waals surface area contributed by atoms with Crippen LogP contribution in [-0.2, 0) is 14.3 Å². The Labute approximate surface area is 131 Å². The van der Waals surface area contributed by atoms with Gasteiger partial charge in [-0.25, -0.2) is 0 Å². The first-order valence-corrected chi connectivity index (χ1v) is 7.58. The summed E-state index contributed by atoms with van der Waals surface area (Å²) >= 11 is 0. The highest BCUT2D eigenvalue weighted by Gasteiger charge is 2.36. The van der Waals surface area contributed by atoms with E-state index in [2.05, 4.69) is 11.4 Å². The van der Waals surface area contributed by atoms with Crippen LogP contribution in [-0.4, -0.2) is 43.0 Å². The lowest BCUT2D eigenvalue weighted by atomic mass is 10.1. The summed E-state index contributed by atoms with van der Waals surface area (Å²) in [6.07, 6.45) is 0.269. The fourth-order valence-corrected chi connectivity index (χ4v) is 2.96. The Morgan fingerprint density at radius 1 is 1.36 bits per heavy atom. The maximum absolute atomic E-state index is 12.4. The smallest absolute Gasteiger partial charge is 0.229 e. The minimum absolute atomic E-state index is 0.00323. The Balaban J connectivity index is 2.00. The minimum atomic E-state index is -0.298. The molecular weight excluding hydrogens is 280 g/mol. The molecule has 120 valence electrons. The standard InChI is InChI=1S/C17H24N2O3/c1-11-5-12(2)7-15(6-11)18-17(21)14-8-16(20)19(9-14)13(3)10-22-4/h5-7,13-14H,8-10H2,1-4H3,(H,18,21)/t13-,14+/m0/s1. The van der Waals surface area contributed by atoms with Crippen LogP contribution < -0.4 is 5.32 Å². The molecule has 0 aliphatic carbocycles. The molecule has 2 atom stereocenters. The number of methoxy groups -OCH3 is 1. The van der Waals surface area contributed by atoms with Crippen molar-refractivity contribution in [3.05, 3.63) is 29.3 Å². The average molecular weight is 304 g/mol. The fraction of sp³-hybridized carbons (Fsp3) is 0.529. The summed E-state index contributed by atoms with van der Waals surface area (Å²) in [5.41, 5.74) is 3.00. The van der Waals surface area contributed by atoms with Gasteiger partial charge in [0.2, 0.25) is 11.8 Å². The quantitative estimate of drug-likeness (QED) is 0.906. The molecule has 22 heavy (non-hydrogen) atoms. The van der Waals surface area contributed by atoms with E-state index in [1.807, 2.05) is 32.9 Å². The van der Waals surface area contributed by atoms with Gasteiger partial charge in [0, 0.05) is 25.8 Å². The largest absolute Gasteiger partial charge is 0.383 e. The summed E-state index contributed by atoms with van der Waals surface area (Å²) in [6.45, 7) is 6.87. The zero-order valence-electron chi connectivity index (χ0n) is 13.7. The molecule has 0 radical (unpaired) electrons. The van der Waals surface area contributed by atoms with Crippen molar-refractivity contribution in [2.24, 2.45) is 5.92 Å². The summed E-state index contributed by atoms with van der Waals surface area (Å²) in [5.74, 6) is -0.372. The van der Waals surface area contributed by atoms with Crippen LogP contribution in [0, 0.1) is 19.8 Å². The lowest BCUT2D eigenvalue weighted by Gasteiger charge is -2.23. The number of rotatable bonds is 5. The van der Waals surface area contributed by atoms with E-state index >= 15 is 0 Å². The van der Waals surface area contributed by atoms with E-state index in [4.69, 9.17) is 4.74 Å². The minimum Gasteiger partial charge on any atom is -0.383 e. The van der Waals surface area contributed by atoms with Gasteiger partial charge in [-0.3, -0.25) is 9.59 Å². The SMILES string of the molecule is COC[C@H](C)N1C[C@H](C(=O)Nc2cc(C)cc(C)c2)CC1=O. The third-order valence-corrected chi connectivity index (χ3v) is 3.96. The molecule has 1 N–H and O–H groups in total. The first-order chi connectivity index (χ1) is 10.4. The molecule has 1 heterocycles. The van der Waals surface area contributed by atoms with Crippen molar-refractivity contribution in [2.45, 2.75) is 33.2 Å². The molecule has 5 heteroatoms. The zero-order chi connectivity index (χ0) is 16.3. The van der Waals surface area contributed by atoms with Gasteiger partial charge in [0.15, 0.2) is 0 Å². The first-order valence-electron chi connectivity index (χ1n) is 7.58. The Hall–Kier alpha value is -1.88. The summed E-state index contributed by atoms with van der Waals surface area (Å²) in [6, 6.07) is 5.93. The molecule has 1 aromatic carbocycles. The molecular formula is C17H24N2O3. The maximum atomic E-state index is 12.4. The molecule has 0 aromatic heterocycles. The van der Waals surface area contributed by atoms with E-state index in [9.17, 15) is 9.59 Å². The van der Waals surface area contributed by atoms with Gasteiger partial charge in [0.1, 0.15) is 0 Å². The molecule has 0 bridgehead atoms. The topological polar surface area (TPSA) is 58.6 Å². The van der Waals surface area contributed by atoms with Crippen molar-refractivity contribution in [1.29, 1.82) is 0 Å². The second kappa shape index (κ2) is 6.92. The number of ether oxygens (including phenoxy) is 1. The number of carbonyl (C=O) groups excluding carboxylic acids is 2. The Bertz CT molecular complexity index is 551. The molecule has 1 fully saturated rings. The van der Waals surface area contributed by atoms with Crippen molar-refractivity contribution in [3.8, 4) is 0 Å². The normalized spacial score (nSPS) is 19.4. The van der Waals surface area contributed by atoms with E-state index in [1.165, 1.54) is 0 Å². The van der Waals surface area contributed by atoms with Gasteiger partial charge in [-0.2, -0.15) is 0 Å². The lowest BCUT2D eigenvalue weighted by molar-refractivity contribution is -0.130. The van der Waals surface area contributed by atoms with Gasteiger partial charge in [0.25, 0.3) is 0 Å². The zero-order valence-corrected chi connectivity index (χ0v) is 13.7. The van der Waals surface area contributed by atoms with Crippen LogP contribution in [0.3, 0.4) is 0 Å². The first kappa shape index (κ1) is 16.5. The molecule has 5 nitrogen and oxygen atoms in total. The van der Waals surface area contributed by atoms with Gasteiger partial charge in [-0.05, 0) is 44.0 Å². The number of aryl methyl sites for hydroxylation is 2. The molecule has 2 amide bonds. The number of anilines is 1. The molecule has 2 rings (SSSR count). The number of hydrogen-bond acceptors (Lipinski definition) is 3. The number of carbonyl (C=O) groups is 2. The Morgan fingerprint density at radius 3 is 2.59 bits per heavy atom. The van der Waals surface area contributed by atoms with Gasteiger partial charge >= 0.3 is 0 Å². The van der Waals surface area contributed by atoms with Crippen LogP contribution in [0.4, 0.5) is 5.69 Å². The van der Waals surface area contributed by atoms with Crippen LogP contribution in [0.25, 0.3) is 0 Å². The highest BCUT2D eigenvalue weighted by atomic mass is 16.5. The predicted molar refractivity (Wildman–Crippen MR) is 85.7 cm³/mol. The van der Waals surface area contributed by atoms with Crippen molar-refractivity contribution in [3.63, 3.8) is 0 Å². The molecule has 0 spiro atoms. The van der Waals surface area contributed by atoms with Crippen molar-refractivity contribution < 1.29 is 14.3 Å². The van der Waals surface area contributed by atoms with Crippen LogP contribution in [0.5, 0.6) is 0 Å². The third kappa shape index (κ3) is 3.85. The number of benzene rings is 1. The van der Waals surface area contributed by atoms with E-state index in [1.54, 1.807) is 12.0 Å². The number of hydrogen-bond donors (Lipinski definition) is 1. The van der Waals surface area contributed by atoms with Crippen LogP contribution in [0.1, 0.15) is 24.5 Å². The summed E-state index contributed by atoms with van der Waals surface area (Å²) in [7, 11) is 1.61. The summed E-state index contributed by atoms with van der Waals surface area (Å²) in [5, 5.41) is 2.93. The predicted octanol–water partition coefficient (Wildman–Crippen LogP) is 2.13. The lowest BCUT2D eigenvalue weighted by Crippen LogP contribution is -2.38. The van der Waals surface area contributed by atoms with Crippen LogP contribution in [0.15, 0.2) is 18.2 Å². The Kier molecular flexibility index (Phi) is 5.19. The second-order valence-corrected chi connectivity index (χ2v) is 6.12. The van der Waals surface area contributed by atoms with Gasteiger partial charge in [-0.15, -0.1) is 0 Å². The molecule has 1 aliphatic heterocycles. The number of nitrogens with one attached hydrogen (secondary N) is 1. The molecule has 1 aromatic rings. The molecule has 1 aliphatic rings. The Morgan fingerprint density at radius 2 is 2.00 bits per heavy atom. The monoisotopic (exact) mass is 304 g/mol. The highest BCUT2D eigenvalue weighted by Crippen LogP contribution is 2.23. The maximum Gasteiger partial charge on any atom is 0.229 e. The number of amides is 2. The second-order valence-electron chi connectivity index (χ2n) is 6.12. The number of likely N-dealkylation sites (tertiary alicyclic amines) is 1. The fourth-order valence-electron chi connectivity index (χ4n) is 2.96. The third-order valence-electron chi connectivity index (χ3n) is 3.96. The van der Waals surface area contributed by atoms with E-state index in [0.717, 1.165) is 16.8 Å².